The van der Waals surface area contributed by atoms with Gasteiger partial charge in [0, 0.05) is 0 Å². The van der Waals surface area contributed by atoms with Gasteiger partial charge in [0.2, 0.25) is 0 Å². The van der Waals surface area contributed by atoms with Gasteiger partial charge in [-0.05, 0) is 97.9 Å². The van der Waals surface area contributed by atoms with Crippen molar-refractivity contribution in [1.82, 2.24) is 0 Å². The average Bonchev–Trinajstić information content (AvgIpc) is 3.02. The summed E-state index contributed by atoms with van der Waals surface area (Å²) in [6.45, 7) is 5.78. The summed E-state index contributed by atoms with van der Waals surface area (Å²) in [7, 11) is 0. The first kappa shape index (κ1) is 19.1. The number of rotatable bonds is 3. The zero-order valence-electron chi connectivity index (χ0n) is 17.8. The van der Waals surface area contributed by atoms with E-state index in [0.29, 0.717) is 11.5 Å². The standard InChI is InChI=1S/C26H38O2/c1-25-14-12-20(28-17-18-6-4-3-5-7-18)16-19(25)8-9-21-22-10-11-24(27)26(22,2)15-13-23(21)25/h3-7,19-24,27H,8-17H2,1-2H3/t19-,20-,21-,22-,23+,24-,25-,26-/m0/s1. The van der Waals surface area contributed by atoms with Crippen LogP contribution in [-0.4, -0.2) is 17.3 Å². The first-order valence-electron chi connectivity index (χ1n) is 11.8. The third-order valence-electron chi connectivity index (χ3n) is 9.90. The Morgan fingerprint density at radius 2 is 1.64 bits per heavy atom. The van der Waals surface area contributed by atoms with Crippen molar-refractivity contribution < 1.29 is 9.84 Å². The quantitative estimate of drug-likeness (QED) is 0.697. The molecule has 28 heavy (non-hydrogen) atoms. The van der Waals surface area contributed by atoms with Gasteiger partial charge < -0.3 is 9.84 Å². The highest BCUT2D eigenvalue weighted by Gasteiger charge is 2.60. The molecule has 0 aliphatic heterocycles. The summed E-state index contributed by atoms with van der Waals surface area (Å²) in [5.41, 5.74) is 2.01. The van der Waals surface area contributed by atoms with Gasteiger partial charge in [-0.1, -0.05) is 44.2 Å². The molecule has 0 amide bonds. The third-order valence-corrected chi connectivity index (χ3v) is 9.90. The Kier molecular flexibility index (Phi) is 4.87. The van der Waals surface area contributed by atoms with Crippen LogP contribution in [0.1, 0.15) is 77.2 Å². The number of hydrogen-bond donors (Lipinski definition) is 1. The van der Waals surface area contributed by atoms with Crippen LogP contribution in [0, 0.1) is 34.5 Å². The molecular weight excluding hydrogens is 344 g/mol. The van der Waals surface area contributed by atoms with Crippen molar-refractivity contribution in [1.29, 1.82) is 0 Å². The van der Waals surface area contributed by atoms with E-state index in [1.54, 1.807) is 0 Å². The number of fused-ring (bicyclic) bond motifs is 5. The molecule has 1 aromatic rings. The Morgan fingerprint density at radius 1 is 0.893 bits per heavy atom. The van der Waals surface area contributed by atoms with E-state index in [9.17, 15) is 5.11 Å². The van der Waals surface area contributed by atoms with E-state index < -0.39 is 0 Å². The molecule has 1 N–H and O–H groups in total. The molecule has 1 aromatic carbocycles. The zero-order chi connectivity index (χ0) is 19.4. The Bertz CT molecular complexity index is 687. The van der Waals surface area contributed by atoms with Crippen LogP contribution >= 0.6 is 0 Å². The molecule has 0 saturated heterocycles. The number of ether oxygens (including phenoxy) is 1. The van der Waals surface area contributed by atoms with Gasteiger partial charge >= 0.3 is 0 Å². The van der Waals surface area contributed by atoms with Gasteiger partial charge in [-0.25, -0.2) is 0 Å². The zero-order valence-corrected chi connectivity index (χ0v) is 17.8. The van der Waals surface area contributed by atoms with Crippen molar-refractivity contribution in [3.05, 3.63) is 35.9 Å². The maximum atomic E-state index is 10.6. The van der Waals surface area contributed by atoms with Crippen LogP contribution in [0.3, 0.4) is 0 Å². The largest absolute Gasteiger partial charge is 0.393 e. The van der Waals surface area contributed by atoms with E-state index in [0.717, 1.165) is 36.7 Å². The summed E-state index contributed by atoms with van der Waals surface area (Å²) in [4.78, 5) is 0. The summed E-state index contributed by atoms with van der Waals surface area (Å²) < 4.78 is 6.37. The van der Waals surface area contributed by atoms with Crippen molar-refractivity contribution in [2.45, 2.75) is 90.4 Å². The summed E-state index contributed by atoms with van der Waals surface area (Å²) in [5.74, 6) is 3.34. The van der Waals surface area contributed by atoms with Crippen molar-refractivity contribution in [3.8, 4) is 0 Å². The highest BCUT2D eigenvalue weighted by atomic mass is 16.5. The summed E-state index contributed by atoms with van der Waals surface area (Å²) in [5, 5.41) is 10.6. The maximum absolute atomic E-state index is 10.6. The molecule has 0 aromatic heterocycles. The van der Waals surface area contributed by atoms with Gasteiger partial charge in [0.25, 0.3) is 0 Å². The van der Waals surface area contributed by atoms with Gasteiger partial charge in [0.15, 0.2) is 0 Å². The van der Waals surface area contributed by atoms with Gasteiger partial charge in [0.1, 0.15) is 0 Å². The van der Waals surface area contributed by atoms with Crippen LogP contribution < -0.4 is 0 Å². The van der Waals surface area contributed by atoms with Crippen LogP contribution in [0.2, 0.25) is 0 Å². The van der Waals surface area contributed by atoms with E-state index >= 15 is 0 Å². The second-order valence-electron chi connectivity index (χ2n) is 11.0. The molecule has 4 saturated carbocycles. The lowest BCUT2D eigenvalue weighted by Crippen LogP contribution is -2.54. The Hall–Kier alpha value is -0.860. The molecule has 8 atom stereocenters. The van der Waals surface area contributed by atoms with Gasteiger partial charge in [-0.3, -0.25) is 0 Å². The molecule has 154 valence electrons. The van der Waals surface area contributed by atoms with Crippen molar-refractivity contribution in [2.24, 2.45) is 34.5 Å². The Labute approximate surface area is 171 Å². The first-order valence-corrected chi connectivity index (χ1v) is 11.8. The van der Waals surface area contributed by atoms with Crippen LogP contribution in [0.4, 0.5) is 0 Å². The molecular formula is C26H38O2. The molecule has 2 nitrogen and oxygen atoms in total. The molecule has 0 heterocycles. The Morgan fingerprint density at radius 3 is 2.46 bits per heavy atom. The predicted molar refractivity (Wildman–Crippen MR) is 113 cm³/mol. The molecule has 4 aliphatic carbocycles. The van der Waals surface area contributed by atoms with Gasteiger partial charge in [0.05, 0.1) is 18.8 Å². The van der Waals surface area contributed by atoms with Crippen LogP contribution in [0.15, 0.2) is 30.3 Å². The maximum Gasteiger partial charge on any atom is 0.0720 e. The van der Waals surface area contributed by atoms with E-state index in [4.69, 9.17) is 4.74 Å². The molecule has 0 unspecified atom stereocenters. The lowest BCUT2D eigenvalue weighted by Gasteiger charge is -2.60. The summed E-state index contributed by atoms with van der Waals surface area (Å²) >= 11 is 0. The minimum atomic E-state index is -0.0499. The SMILES string of the molecule is C[C@]12CC[C@H](OCc3ccccc3)C[C@@H]1CC[C@@H]1[C@H]2CC[C@]2(C)[C@@H](O)CC[C@@H]12. The first-order chi connectivity index (χ1) is 13.5. The van der Waals surface area contributed by atoms with Crippen molar-refractivity contribution in [3.63, 3.8) is 0 Å². The van der Waals surface area contributed by atoms with Crippen LogP contribution in [0.25, 0.3) is 0 Å². The second kappa shape index (κ2) is 7.13. The van der Waals surface area contributed by atoms with E-state index in [-0.39, 0.29) is 11.5 Å². The number of aliphatic hydroxyl groups is 1. The lowest BCUT2D eigenvalue weighted by molar-refractivity contribution is -0.142. The summed E-state index contributed by atoms with van der Waals surface area (Å²) in [6, 6.07) is 10.6. The average molecular weight is 383 g/mol. The van der Waals surface area contributed by atoms with Gasteiger partial charge in [-0.2, -0.15) is 0 Å². The van der Waals surface area contributed by atoms with Crippen molar-refractivity contribution in [2.75, 3.05) is 0 Å². The summed E-state index contributed by atoms with van der Waals surface area (Å²) in [6.07, 6.45) is 11.9. The fourth-order valence-electron chi connectivity index (χ4n) is 8.13. The third kappa shape index (κ3) is 2.98. The predicted octanol–water partition coefficient (Wildman–Crippen LogP) is 5.98. The fourth-order valence-corrected chi connectivity index (χ4v) is 8.13. The van der Waals surface area contributed by atoms with Crippen LogP contribution in [0.5, 0.6) is 0 Å². The molecule has 5 rings (SSSR count). The fraction of sp³-hybridized carbons (Fsp3) is 0.769. The molecule has 0 radical (unpaired) electrons. The lowest BCUT2D eigenvalue weighted by atomic mass is 9.45. The molecule has 4 fully saturated rings. The topological polar surface area (TPSA) is 29.5 Å². The molecule has 4 aliphatic rings. The molecule has 0 bridgehead atoms. The van der Waals surface area contributed by atoms with E-state index in [1.807, 2.05) is 0 Å². The number of hydrogen-bond acceptors (Lipinski definition) is 2. The molecule has 2 heteroatoms. The highest BCUT2D eigenvalue weighted by Crippen LogP contribution is 2.66. The molecule has 0 spiro atoms. The van der Waals surface area contributed by atoms with Crippen molar-refractivity contribution >= 4 is 0 Å². The van der Waals surface area contributed by atoms with E-state index in [1.165, 1.54) is 56.9 Å². The minimum absolute atomic E-state index is 0.0499. The number of benzene rings is 1. The van der Waals surface area contributed by atoms with Gasteiger partial charge in [-0.15, -0.1) is 0 Å². The normalized spacial score (nSPS) is 47.8. The van der Waals surface area contributed by atoms with Crippen LogP contribution in [-0.2, 0) is 11.3 Å². The Balaban J connectivity index is 1.26. The number of aliphatic hydroxyl groups excluding tert-OH is 1. The minimum Gasteiger partial charge on any atom is -0.393 e. The smallest absolute Gasteiger partial charge is 0.0720 e. The van der Waals surface area contributed by atoms with E-state index in [2.05, 4.69) is 44.2 Å². The second-order valence-corrected chi connectivity index (χ2v) is 11.0. The monoisotopic (exact) mass is 382 g/mol. The highest BCUT2D eigenvalue weighted by molar-refractivity contribution is 5.14.